The molecule has 0 aromatic carbocycles. The Kier molecular flexibility index (Phi) is 4.85. The van der Waals surface area contributed by atoms with Crippen LogP contribution in [-0.2, 0) is 9.53 Å². The number of hydrogen-bond acceptors (Lipinski definition) is 3. The second-order valence-electron chi connectivity index (χ2n) is 4.70. The fourth-order valence-corrected chi connectivity index (χ4v) is 1.06. The molecule has 3 nitrogen and oxygen atoms in total. The highest BCUT2D eigenvalue weighted by Gasteiger charge is 2.17. The van der Waals surface area contributed by atoms with E-state index < -0.39 is 5.60 Å². The van der Waals surface area contributed by atoms with Crippen LogP contribution in [-0.4, -0.2) is 17.6 Å². The van der Waals surface area contributed by atoms with Crippen molar-refractivity contribution in [3.8, 4) is 0 Å². The van der Waals surface area contributed by atoms with Gasteiger partial charge >= 0.3 is 5.97 Å². The van der Waals surface area contributed by atoms with E-state index in [1.165, 1.54) is 0 Å². The summed E-state index contributed by atoms with van der Waals surface area (Å²) < 4.78 is 5.14. The first-order chi connectivity index (χ1) is 6.20. The molecule has 0 spiro atoms. The molecule has 0 aliphatic carbocycles. The zero-order chi connectivity index (χ0) is 11.4. The van der Waals surface area contributed by atoms with Gasteiger partial charge in [-0.05, 0) is 34.6 Å². The minimum atomic E-state index is -0.429. The van der Waals surface area contributed by atoms with Crippen LogP contribution in [0.15, 0.2) is 11.6 Å². The summed E-state index contributed by atoms with van der Waals surface area (Å²) in [4.78, 5) is 11.3. The number of allylic oxidation sites excluding steroid dienone is 1. The maximum atomic E-state index is 11.3. The van der Waals surface area contributed by atoms with Crippen molar-refractivity contribution in [3.05, 3.63) is 11.6 Å². The van der Waals surface area contributed by atoms with Gasteiger partial charge in [0.1, 0.15) is 5.60 Å². The molecule has 0 saturated carbocycles. The highest BCUT2D eigenvalue weighted by atomic mass is 16.6. The van der Waals surface area contributed by atoms with Crippen LogP contribution in [0.25, 0.3) is 0 Å². The fraction of sp³-hybridized carbons (Fsp3) is 0.727. The first-order valence-electron chi connectivity index (χ1n) is 4.83. The minimum Gasteiger partial charge on any atom is -0.460 e. The molecule has 2 N–H and O–H groups in total. The normalized spacial score (nSPS) is 13.3. The van der Waals surface area contributed by atoms with Gasteiger partial charge in [0.15, 0.2) is 0 Å². The lowest BCUT2D eigenvalue weighted by Gasteiger charge is -2.20. The molecule has 3 heteroatoms. The highest BCUT2D eigenvalue weighted by molar-refractivity contribution is 5.70. The third kappa shape index (κ3) is 7.80. The summed E-state index contributed by atoms with van der Waals surface area (Å²) in [6.45, 7) is 9.44. The van der Waals surface area contributed by atoms with Crippen molar-refractivity contribution >= 4 is 5.97 Å². The first-order valence-corrected chi connectivity index (χ1v) is 4.83. The minimum absolute atomic E-state index is 0.239. The van der Waals surface area contributed by atoms with Gasteiger partial charge in [-0.2, -0.15) is 0 Å². The van der Waals surface area contributed by atoms with Crippen LogP contribution in [0, 0.1) is 0 Å². The van der Waals surface area contributed by atoms with Crippen LogP contribution in [0.4, 0.5) is 0 Å². The van der Waals surface area contributed by atoms with Gasteiger partial charge in [-0.15, -0.1) is 0 Å². The Balaban J connectivity index is 4.02. The fourth-order valence-electron chi connectivity index (χ4n) is 1.06. The molecule has 0 unspecified atom stereocenters. The topological polar surface area (TPSA) is 52.3 Å². The van der Waals surface area contributed by atoms with Gasteiger partial charge in [-0.3, -0.25) is 4.79 Å². The Morgan fingerprint density at radius 1 is 1.43 bits per heavy atom. The lowest BCUT2D eigenvalue weighted by molar-refractivity contribution is -0.154. The van der Waals surface area contributed by atoms with Crippen LogP contribution < -0.4 is 5.73 Å². The molecule has 0 aliphatic heterocycles. The number of carbonyl (C=O) groups excluding carboxylic acids is 1. The summed E-state index contributed by atoms with van der Waals surface area (Å²) in [6, 6.07) is -0.241. The molecule has 82 valence electrons. The standard InChI is InChI=1S/C11H21NO2/c1-8(2)6-9(12)7-10(13)14-11(3,4)5/h6,9H,7,12H2,1-5H3/t9-/m1/s1. The molecule has 1 atom stereocenters. The summed E-state index contributed by atoms with van der Waals surface area (Å²) in [5.74, 6) is -0.248. The van der Waals surface area contributed by atoms with Crippen molar-refractivity contribution < 1.29 is 9.53 Å². The molecule has 0 rings (SSSR count). The maximum absolute atomic E-state index is 11.3. The van der Waals surface area contributed by atoms with Crippen LogP contribution >= 0.6 is 0 Å². The Morgan fingerprint density at radius 3 is 2.29 bits per heavy atom. The molecule has 0 bridgehead atoms. The summed E-state index contributed by atoms with van der Waals surface area (Å²) in [6.07, 6.45) is 2.10. The van der Waals surface area contributed by atoms with E-state index in [2.05, 4.69) is 0 Å². The van der Waals surface area contributed by atoms with Gasteiger partial charge in [-0.1, -0.05) is 11.6 Å². The first kappa shape index (κ1) is 13.2. The number of nitrogens with two attached hydrogens (primary N) is 1. The van der Waals surface area contributed by atoms with Crippen LogP contribution in [0.2, 0.25) is 0 Å². The van der Waals surface area contributed by atoms with E-state index in [0.29, 0.717) is 0 Å². The lowest BCUT2D eigenvalue weighted by atomic mass is 10.1. The number of carbonyl (C=O) groups is 1. The summed E-state index contributed by atoms with van der Waals surface area (Å²) in [5.41, 5.74) is 6.40. The molecule has 0 amide bonds. The molecule has 0 aromatic rings. The Hall–Kier alpha value is -0.830. The quantitative estimate of drug-likeness (QED) is 0.559. The van der Waals surface area contributed by atoms with Crippen molar-refractivity contribution in [2.75, 3.05) is 0 Å². The Bertz CT molecular complexity index is 222. The molecular formula is C11H21NO2. The second-order valence-corrected chi connectivity index (χ2v) is 4.70. The van der Waals surface area contributed by atoms with E-state index in [9.17, 15) is 4.79 Å². The van der Waals surface area contributed by atoms with Crippen molar-refractivity contribution in [2.45, 2.75) is 52.7 Å². The molecule has 0 radical (unpaired) electrons. The van der Waals surface area contributed by atoms with Crippen molar-refractivity contribution in [1.29, 1.82) is 0 Å². The maximum Gasteiger partial charge on any atom is 0.308 e. The average Bonchev–Trinajstić information content (AvgIpc) is 1.77. The van der Waals surface area contributed by atoms with E-state index in [1.807, 2.05) is 40.7 Å². The molecule has 0 aliphatic rings. The van der Waals surface area contributed by atoms with Gasteiger partial charge in [0.05, 0.1) is 6.42 Å². The van der Waals surface area contributed by atoms with Gasteiger partial charge in [0, 0.05) is 6.04 Å². The zero-order valence-corrected chi connectivity index (χ0v) is 9.76. The Morgan fingerprint density at radius 2 is 1.93 bits per heavy atom. The summed E-state index contributed by atoms with van der Waals surface area (Å²) in [7, 11) is 0. The summed E-state index contributed by atoms with van der Waals surface area (Å²) in [5, 5.41) is 0. The second kappa shape index (κ2) is 5.15. The van der Waals surface area contributed by atoms with Crippen LogP contribution in [0.5, 0.6) is 0 Å². The molecular weight excluding hydrogens is 178 g/mol. The van der Waals surface area contributed by atoms with E-state index in [-0.39, 0.29) is 18.4 Å². The number of ether oxygens (including phenoxy) is 1. The smallest absolute Gasteiger partial charge is 0.308 e. The van der Waals surface area contributed by atoms with Crippen molar-refractivity contribution in [1.82, 2.24) is 0 Å². The van der Waals surface area contributed by atoms with Gasteiger partial charge in [0.2, 0.25) is 0 Å². The van der Waals surface area contributed by atoms with Gasteiger partial charge < -0.3 is 10.5 Å². The molecule has 14 heavy (non-hydrogen) atoms. The van der Waals surface area contributed by atoms with E-state index >= 15 is 0 Å². The van der Waals surface area contributed by atoms with Crippen molar-refractivity contribution in [3.63, 3.8) is 0 Å². The van der Waals surface area contributed by atoms with E-state index in [0.717, 1.165) is 5.57 Å². The third-order valence-corrected chi connectivity index (χ3v) is 1.37. The lowest BCUT2D eigenvalue weighted by Crippen LogP contribution is -2.29. The zero-order valence-electron chi connectivity index (χ0n) is 9.76. The predicted molar refractivity (Wildman–Crippen MR) is 57.9 cm³/mol. The monoisotopic (exact) mass is 199 g/mol. The van der Waals surface area contributed by atoms with Crippen LogP contribution in [0.3, 0.4) is 0 Å². The molecule has 0 fully saturated rings. The summed E-state index contributed by atoms with van der Waals surface area (Å²) >= 11 is 0. The number of esters is 1. The van der Waals surface area contributed by atoms with E-state index in [4.69, 9.17) is 10.5 Å². The third-order valence-electron chi connectivity index (χ3n) is 1.37. The molecule has 0 saturated heterocycles. The van der Waals surface area contributed by atoms with Crippen LogP contribution in [0.1, 0.15) is 41.0 Å². The van der Waals surface area contributed by atoms with Gasteiger partial charge in [-0.25, -0.2) is 0 Å². The Labute approximate surface area is 86.3 Å². The van der Waals surface area contributed by atoms with Gasteiger partial charge in [0.25, 0.3) is 0 Å². The SMILES string of the molecule is CC(C)=C[C@@H](N)CC(=O)OC(C)(C)C. The molecule has 0 aromatic heterocycles. The highest BCUT2D eigenvalue weighted by Crippen LogP contribution is 2.09. The molecule has 0 heterocycles. The average molecular weight is 199 g/mol. The largest absolute Gasteiger partial charge is 0.460 e. The predicted octanol–water partition coefficient (Wildman–Crippen LogP) is 2.01. The number of rotatable bonds is 3. The number of hydrogen-bond donors (Lipinski definition) is 1. The van der Waals surface area contributed by atoms with E-state index in [1.54, 1.807) is 0 Å². The van der Waals surface area contributed by atoms with Crippen molar-refractivity contribution in [2.24, 2.45) is 5.73 Å².